The lowest BCUT2D eigenvalue weighted by molar-refractivity contribution is -0.115. The zero-order valence-electron chi connectivity index (χ0n) is 10.6. The lowest BCUT2D eigenvalue weighted by Gasteiger charge is -2.02. The molecule has 0 spiro atoms. The van der Waals surface area contributed by atoms with Crippen LogP contribution < -0.4 is 5.32 Å². The molecule has 5 nitrogen and oxygen atoms in total. The maximum absolute atomic E-state index is 11.6. The van der Waals surface area contributed by atoms with Crippen LogP contribution in [0.1, 0.15) is 15.9 Å². The molecule has 1 heterocycles. The van der Waals surface area contributed by atoms with E-state index in [1.165, 1.54) is 13.2 Å². The topological polar surface area (TPSA) is 72.5 Å². The van der Waals surface area contributed by atoms with Crippen molar-refractivity contribution in [1.82, 2.24) is 5.32 Å². The van der Waals surface area contributed by atoms with Crippen LogP contribution in [0.2, 0.25) is 0 Å². The van der Waals surface area contributed by atoms with Gasteiger partial charge in [0.15, 0.2) is 0 Å². The first-order chi connectivity index (χ1) is 9.61. The Bertz CT molecular complexity index is 634. The van der Waals surface area contributed by atoms with Crippen molar-refractivity contribution >= 4 is 35.0 Å². The van der Waals surface area contributed by atoms with E-state index in [4.69, 9.17) is 0 Å². The molecule has 1 aromatic rings. The predicted molar refractivity (Wildman–Crippen MR) is 76.0 cm³/mol. The number of nitrogens with one attached hydrogen (secondary N) is 1. The van der Waals surface area contributed by atoms with Crippen LogP contribution in [-0.4, -0.2) is 24.2 Å². The van der Waals surface area contributed by atoms with Gasteiger partial charge in [0.05, 0.1) is 17.6 Å². The standard InChI is InChI=1S/C14H11NO4S/c1-19-13(17)10-7-3-2-5-9(10)6-4-8-11-12(16)15-14(18)20-11/h2-8H,1H3,(H,15,16,18)/b6-4+,11-8-. The third kappa shape index (κ3) is 3.16. The molecule has 1 saturated heterocycles. The number of ether oxygens (including phenoxy) is 1. The fourth-order valence-electron chi connectivity index (χ4n) is 1.61. The number of hydrogen-bond acceptors (Lipinski definition) is 5. The average molecular weight is 289 g/mol. The molecule has 0 aromatic heterocycles. The number of carbonyl (C=O) groups is 3. The summed E-state index contributed by atoms with van der Waals surface area (Å²) >= 11 is 0.842. The number of esters is 1. The fourth-order valence-corrected chi connectivity index (χ4v) is 2.25. The van der Waals surface area contributed by atoms with Gasteiger partial charge in [-0.3, -0.25) is 14.9 Å². The first-order valence-corrected chi connectivity index (χ1v) is 6.52. The quantitative estimate of drug-likeness (QED) is 0.683. The van der Waals surface area contributed by atoms with Crippen molar-refractivity contribution in [3.05, 3.63) is 52.4 Å². The van der Waals surface area contributed by atoms with Crippen molar-refractivity contribution < 1.29 is 19.1 Å². The number of allylic oxidation sites excluding steroid dienone is 2. The maximum Gasteiger partial charge on any atom is 0.338 e. The second-order valence-electron chi connectivity index (χ2n) is 3.81. The molecule has 1 fully saturated rings. The monoisotopic (exact) mass is 289 g/mol. The van der Waals surface area contributed by atoms with Crippen molar-refractivity contribution in [2.24, 2.45) is 0 Å². The summed E-state index contributed by atoms with van der Waals surface area (Å²) in [6.07, 6.45) is 4.82. The Morgan fingerprint density at radius 2 is 2.05 bits per heavy atom. The molecule has 6 heteroatoms. The Morgan fingerprint density at radius 1 is 1.30 bits per heavy atom. The SMILES string of the molecule is COC(=O)c1ccccc1/C=C/C=C1\SC(=O)NC1=O. The first kappa shape index (κ1) is 14.1. The number of methoxy groups -OCH3 is 1. The van der Waals surface area contributed by atoms with E-state index in [1.807, 2.05) is 0 Å². The Kier molecular flexibility index (Phi) is 4.37. The molecular weight excluding hydrogens is 278 g/mol. The van der Waals surface area contributed by atoms with Gasteiger partial charge in [-0.1, -0.05) is 30.4 Å². The maximum atomic E-state index is 11.6. The lowest BCUT2D eigenvalue weighted by Crippen LogP contribution is -2.17. The molecule has 0 radical (unpaired) electrons. The van der Waals surface area contributed by atoms with E-state index >= 15 is 0 Å². The third-order valence-electron chi connectivity index (χ3n) is 2.53. The Morgan fingerprint density at radius 3 is 2.70 bits per heavy atom. The number of benzene rings is 1. The van der Waals surface area contributed by atoms with Crippen LogP contribution >= 0.6 is 11.8 Å². The van der Waals surface area contributed by atoms with Gasteiger partial charge in [-0.25, -0.2) is 4.79 Å². The van der Waals surface area contributed by atoms with Crippen LogP contribution in [0.3, 0.4) is 0 Å². The summed E-state index contributed by atoms with van der Waals surface area (Å²) in [5.41, 5.74) is 1.11. The van der Waals surface area contributed by atoms with Gasteiger partial charge in [-0.15, -0.1) is 0 Å². The highest BCUT2D eigenvalue weighted by Gasteiger charge is 2.24. The van der Waals surface area contributed by atoms with E-state index in [1.54, 1.807) is 36.4 Å². The second-order valence-corrected chi connectivity index (χ2v) is 4.83. The van der Waals surface area contributed by atoms with E-state index in [2.05, 4.69) is 10.1 Å². The highest BCUT2D eigenvalue weighted by Crippen LogP contribution is 2.23. The number of carbonyl (C=O) groups excluding carboxylic acids is 3. The second kappa shape index (κ2) is 6.21. The van der Waals surface area contributed by atoms with Gasteiger partial charge in [0.25, 0.3) is 11.1 Å². The van der Waals surface area contributed by atoms with Crippen LogP contribution in [-0.2, 0) is 9.53 Å². The number of imide groups is 1. The largest absolute Gasteiger partial charge is 0.465 e. The summed E-state index contributed by atoms with van der Waals surface area (Å²) in [6.45, 7) is 0. The molecule has 2 rings (SSSR count). The molecule has 102 valence electrons. The van der Waals surface area contributed by atoms with Crippen LogP contribution in [0.25, 0.3) is 6.08 Å². The van der Waals surface area contributed by atoms with Crippen LogP contribution in [0.4, 0.5) is 4.79 Å². The lowest BCUT2D eigenvalue weighted by atomic mass is 10.1. The average Bonchev–Trinajstić information content (AvgIpc) is 2.77. The zero-order valence-corrected chi connectivity index (χ0v) is 11.4. The minimum atomic E-state index is -0.430. The summed E-state index contributed by atoms with van der Waals surface area (Å²) in [5, 5.41) is 1.78. The highest BCUT2D eigenvalue weighted by molar-refractivity contribution is 8.18. The molecule has 20 heavy (non-hydrogen) atoms. The predicted octanol–water partition coefficient (Wildman–Crippen LogP) is 2.35. The van der Waals surface area contributed by atoms with Gasteiger partial charge in [0.2, 0.25) is 0 Å². The van der Waals surface area contributed by atoms with E-state index in [9.17, 15) is 14.4 Å². The molecule has 0 aliphatic carbocycles. The van der Waals surface area contributed by atoms with Gasteiger partial charge in [0, 0.05) is 0 Å². The van der Waals surface area contributed by atoms with E-state index in [0.717, 1.165) is 11.8 Å². The minimum absolute atomic E-state index is 0.321. The summed E-state index contributed by atoms with van der Waals surface area (Å²) in [5.74, 6) is -0.841. The van der Waals surface area contributed by atoms with Crippen LogP contribution in [0.5, 0.6) is 0 Å². The van der Waals surface area contributed by atoms with Gasteiger partial charge in [-0.2, -0.15) is 0 Å². The molecule has 0 atom stereocenters. The molecule has 0 bridgehead atoms. The summed E-state index contributed by atoms with van der Waals surface area (Å²) < 4.78 is 4.69. The van der Waals surface area contributed by atoms with Crippen molar-refractivity contribution in [3.63, 3.8) is 0 Å². The van der Waals surface area contributed by atoms with Crippen molar-refractivity contribution in [2.45, 2.75) is 0 Å². The van der Waals surface area contributed by atoms with Crippen molar-refractivity contribution in [2.75, 3.05) is 7.11 Å². The Balaban J connectivity index is 2.20. The Labute approximate surface area is 119 Å². The fraction of sp³-hybridized carbons (Fsp3) is 0.0714. The van der Waals surface area contributed by atoms with Gasteiger partial charge < -0.3 is 4.74 Å². The third-order valence-corrected chi connectivity index (χ3v) is 3.36. The number of thioether (sulfide) groups is 1. The number of hydrogen-bond donors (Lipinski definition) is 1. The minimum Gasteiger partial charge on any atom is -0.465 e. The first-order valence-electron chi connectivity index (χ1n) is 5.70. The Hall–Kier alpha value is -2.34. The van der Waals surface area contributed by atoms with Crippen molar-refractivity contribution in [3.8, 4) is 0 Å². The van der Waals surface area contributed by atoms with E-state index in [-0.39, 0.29) is 5.24 Å². The van der Waals surface area contributed by atoms with Gasteiger partial charge in [0.1, 0.15) is 0 Å². The summed E-state index contributed by atoms with van der Waals surface area (Å²) in [7, 11) is 1.32. The van der Waals surface area contributed by atoms with Crippen LogP contribution in [0.15, 0.2) is 41.3 Å². The summed E-state index contributed by atoms with van der Waals surface area (Å²) in [4.78, 5) is 34.2. The van der Waals surface area contributed by atoms with E-state index < -0.39 is 11.9 Å². The number of rotatable bonds is 3. The van der Waals surface area contributed by atoms with Crippen LogP contribution in [0, 0.1) is 0 Å². The normalized spacial score (nSPS) is 16.8. The van der Waals surface area contributed by atoms with Crippen molar-refractivity contribution in [1.29, 1.82) is 0 Å². The molecule has 1 aliphatic rings. The smallest absolute Gasteiger partial charge is 0.338 e. The van der Waals surface area contributed by atoms with Gasteiger partial charge >= 0.3 is 5.97 Å². The molecule has 0 unspecified atom stereocenters. The highest BCUT2D eigenvalue weighted by atomic mass is 32.2. The van der Waals surface area contributed by atoms with E-state index in [0.29, 0.717) is 16.0 Å². The molecular formula is C14H11NO4S. The molecule has 1 aliphatic heterocycles. The summed E-state index contributed by atoms with van der Waals surface area (Å²) in [6, 6.07) is 6.94. The molecule has 1 N–H and O–H groups in total. The number of amides is 2. The molecule has 1 aromatic carbocycles. The molecule has 0 saturated carbocycles. The molecule has 2 amide bonds. The van der Waals surface area contributed by atoms with Gasteiger partial charge in [-0.05, 0) is 29.5 Å². The zero-order chi connectivity index (χ0) is 14.5.